The smallest absolute Gasteiger partial charge is 0.369 e. The summed E-state index contributed by atoms with van der Waals surface area (Å²) < 4.78 is 10.4. The Morgan fingerprint density at radius 1 is 0.450 bits per heavy atom. The van der Waals surface area contributed by atoms with E-state index in [1.807, 2.05) is 110 Å². The summed E-state index contributed by atoms with van der Waals surface area (Å²) in [6.45, 7) is 4.12. The number of anilines is 3. The lowest BCUT2D eigenvalue weighted by Gasteiger charge is -2.12. The molecule has 12 rings (SSSR count). The standard InChI is InChI=1S/C26H23N3O2.C24H19N3O3.C18H17N3.C8H7ClO2.CH2Cl2.BBr3/c1-18-11-13-20(14-12-18)24-17-27-25(23(28-24)15-19-7-4-3-5-8-19)29-26(30)21-9-6-10-22(16-21)31-2;28-19-11-9-17(10-12-19)22-15-25-23(21(26-22)13-16-5-2-1-3-6-16)27-24(30)18-7-4-8-20(29)14-18;1-13-7-9-15(10-8-13)17-12-20-18(19)16(21-17)11-14-5-3-2-4-6-14;1-11-7-4-2-3-6(5-7)8(9)10;2-1-3;2-1(3)4/h3-14,16-17H,15H2,1-2H3,(H,27,29,30);1-12,14-15,28-29H,13H2,(H,25,27,30);2-10,12H,11H2,1H3,(H2,19,20);2-5H,1H3;1H2;. The average Bonchev–Trinajstić information content (AvgIpc) is 0.836. The van der Waals surface area contributed by atoms with Crippen molar-refractivity contribution in [3.8, 4) is 56.8 Å². The highest BCUT2D eigenvalue weighted by Crippen LogP contribution is 2.27. The van der Waals surface area contributed by atoms with Crippen molar-refractivity contribution in [3.05, 3.63) is 317 Å². The normalized spacial score (nSPS) is 10.1. The molecule has 0 spiro atoms. The Hall–Kier alpha value is -9.80. The van der Waals surface area contributed by atoms with Gasteiger partial charge in [0, 0.05) is 52.6 Å². The summed E-state index contributed by atoms with van der Waals surface area (Å²) >= 11 is 24.1. The minimum Gasteiger partial charge on any atom is -0.508 e. The molecular weight excluding hydrogens is 1520 g/mol. The van der Waals surface area contributed by atoms with E-state index in [9.17, 15) is 24.6 Å². The highest BCUT2D eigenvalue weighted by molar-refractivity contribution is 9.69. The number of nitrogen functional groups attached to an aromatic ring is 1. The topological polar surface area (TPSA) is 238 Å². The van der Waals surface area contributed by atoms with Gasteiger partial charge in [-0.2, -0.15) is 0 Å². The molecule has 3 aromatic heterocycles. The molecule has 0 bridgehead atoms. The number of nitrogens with two attached hydrogens (primary N) is 1. The van der Waals surface area contributed by atoms with E-state index in [1.54, 1.807) is 111 Å². The Morgan fingerprint density at radius 3 is 1.18 bits per heavy atom. The number of aromatic nitrogens is 6. The number of phenolic OH excluding ortho intramolecular Hbond substituents is 2. The van der Waals surface area contributed by atoms with Gasteiger partial charge in [-0.05, 0) is 121 Å². The lowest BCUT2D eigenvalue weighted by Crippen LogP contribution is -2.16. The van der Waals surface area contributed by atoms with E-state index in [4.69, 9.17) is 60.0 Å². The quantitative estimate of drug-likeness (QED) is 0.0344. The molecule has 0 radical (unpaired) electrons. The lowest BCUT2D eigenvalue weighted by molar-refractivity contribution is 0.101. The zero-order valence-electron chi connectivity index (χ0n) is 54.6. The van der Waals surface area contributed by atoms with Gasteiger partial charge in [0.05, 0.1) is 72.3 Å². The van der Waals surface area contributed by atoms with Gasteiger partial charge in [-0.25, -0.2) is 29.9 Å². The molecule has 12 aromatic rings. The molecular formula is C77H68BBr3Cl3N9O7. The SMILES string of the molecule is BrB(Br)Br.COc1cccc(C(=O)Cl)c1.COc1cccc(C(=O)Nc2ncc(-c3ccc(C)cc3)nc2Cc2ccccc2)c1.Cc1ccc(-c2cnc(N)c(Cc3ccccc3)n2)cc1.ClCCl.O=C(Nc1ncc(-c2ccc(O)cc2)nc1Cc1ccccc1)c1cccc(O)c1. The predicted octanol–water partition coefficient (Wildman–Crippen LogP) is 19.0. The minimum absolute atomic E-state index is 0.0147. The molecule has 0 fully saturated rings. The van der Waals surface area contributed by atoms with Crippen LogP contribution in [0.2, 0.25) is 0 Å². The van der Waals surface area contributed by atoms with Gasteiger partial charge >= 0.3 is 3.18 Å². The number of halogens is 6. The molecule has 0 saturated carbocycles. The summed E-state index contributed by atoms with van der Waals surface area (Å²) in [5.74, 6) is 2.11. The van der Waals surface area contributed by atoms with Crippen LogP contribution in [0.5, 0.6) is 23.0 Å². The number of hydrogen-bond donors (Lipinski definition) is 5. The number of nitrogens with zero attached hydrogens (tertiary/aromatic N) is 6. The number of phenols is 2. The number of rotatable bonds is 16. The highest BCUT2D eigenvalue weighted by atomic mass is 79.9. The number of methoxy groups -OCH3 is 2. The molecule has 9 aromatic carbocycles. The number of aryl methyl sites for hydroxylation is 2. The number of alkyl halides is 2. The number of carbonyl (C=O) groups excluding carboxylic acids is 3. The van der Waals surface area contributed by atoms with E-state index in [0.29, 0.717) is 82.0 Å². The van der Waals surface area contributed by atoms with Crippen molar-refractivity contribution in [2.24, 2.45) is 0 Å². The molecule has 100 heavy (non-hydrogen) atoms. The van der Waals surface area contributed by atoms with E-state index in [1.165, 1.54) is 35.9 Å². The first-order chi connectivity index (χ1) is 48.3. The Labute approximate surface area is 621 Å². The maximum absolute atomic E-state index is 12.8. The van der Waals surface area contributed by atoms with Crippen molar-refractivity contribution in [2.45, 2.75) is 33.1 Å². The van der Waals surface area contributed by atoms with Gasteiger partial charge in [-0.15, -0.1) is 70.5 Å². The fourth-order valence-electron chi connectivity index (χ4n) is 9.26. The van der Waals surface area contributed by atoms with Crippen LogP contribution in [0.15, 0.2) is 255 Å². The Kier molecular flexibility index (Phi) is 31.7. The van der Waals surface area contributed by atoms with Gasteiger partial charge in [0.1, 0.15) is 28.8 Å². The third kappa shape index (κ3) is 25.8. The summed E-state index contributed by atoms with van der Waals surface area (Å²) in [5, 5.41) is 24.6. The van der Waals surface area contributed by atoms with E-state index in [-0.39, 0.29) is 31.8 Å². The van der Waals surface area contributed by atoms with Crippen molar-refractivity contribution in [1.82, 2.24) is 29.9 Å². The van der Waals surface area contributed by atoms with Crippen LogP contribution < -0.4 is 25.8 Å². The Morgan fingerprint density at radius 2 is 0.790 bits per heavy atom. The van der Waals surface area contributed by atoms with Gasteiger partial charge in [0.15, 0.2) is 11.6 Å². The number of nitrogens with one attached hydrogen (secondary N) is 2. The van der Waals surface area contributed by atoms with Gasteiger partial charge in [-0.1, -0.05) is 169 Å². The van der Waals surface area contributed by atoms with Crippen LogP contribution in [0, 0.1) is 13.8 Å². The summed E-state index contributed by atoms with van der Waals surface area (Å²) in [6.07, 6.45) is 6.74. The van der Waals surface area contributed by atoms with Crippen LogP contribution in [0.25, 0.3) is 33.8 Å². The summed E-state index contributed by atoms with van der Waals surface area (Å²) in [4.78, 5) is 63.7. The number of aromatic hydroxyl groups is 2. The average molecular weight is 1590 g/mol. The predicted molar refractivity (Wildman–Crippen MR) is 415 cm³/mol. The highest BCUT2D eigenvalue weighted by Gasteiger charge is 2.18. The van der Waals surface area contributed by atoms with Gasteiger partial charge in [-0.3, -0.25) is 14.4 Å². The zero-order valence-corrected chi connectivity index (χ0v) is 61.6. The van der Waals surface area contributed by atoms with Crippen molar-refractivity contribution in [3.63, 3.8) is 0 Å². The van der Waals surface area contributed by atoms with E-state index < -0.39 is 5.24 Å². The fourth-order valence-corrected chi connectivity index (χ4v) is 9.38. The lowest BCUT2D eigenvalue weighted by atomic mass is 10.1. The van der Waals surface area contributed by atoms with Crippen molar-refractivity contribution in [1.29, 1.82) is 0 Å². The molecule has 0 unspecified atom stereocenters. The van der Waals surface area contributed by atoms with Crippen LogP contribution >= 0.6 is 82.1 Å². The number of carbonyl (C=O) groups is 3. The van der Waals surface area contributed by atoms with Crippen molar-refractivity contribution in [2.75, 3.05) is 35.9 Å². The van der Waals surface area contributed by atoms with E-state index in [2.05, 4.69) is 121 Å². The van der Waals surface area contributed by atoms with Crippen molar-refractivity contribution < 1.29 is 34.1 Å². The molecule has 16 nitrogen and oxygen atoms in total. The third-order valence-electron chi connectivity index (χ3n) is 14.3. The van der Waals surface area contributed by atoms with Crippen LogP contribution in [-0.2, 0) is 19.3 Å². The van der Waals surface area contributed by atoms with Crippen LogP contribution in [0.3, 0.4) is 0 Å². The molecule has 2 amide bonds. The maximum Gasteiger partial charge on any atom is 0.369 e. The first kappa shape index (κ1) is 77.6. The first-order valence-electron chi connectivity index (χ1n) is 30.6. The molecule has 23 heteroatoms. The zero-order chi connectivity index (χ0) is 71.8. The van der Waals surface area contributed by atoms with E-state index >= 15 is 0 Å². The molecule has 508 valence electrons. The monoisotopic (exact) mass is 1580 g/mol. The molecule has 0 aliphatic rings. The summed E-state index contributed by atoms with van der Waals surface area (Å²) in [7, 11) is 3.11. The first-order valence-corrected chi connectivity index (χ1v) is 34.8. The molecule has 0 aliphatic heterocycles. The van der Waals surface area contributed by atoms with Crippen LogP contribution in [-0.4, -0.2) is 79.9 Å². The van der Waals surface area contributed by atoms with Crippen molar-refractivity contribution >= 4 is 120 Å². The summed E-state index contributed by atoms with van der Waals surface area (Å²) in [6, 6.07) is 72.9. The third-order valence-corrected chi connectivity index (χ3v) is 14.5. The minimum atomic E-state index is -0.469. The number of ether oxygens (including phenoxy) is 2. The Balaban J connectivity index is 0.000000190. The fraction of sp³-hybridized carbons (Fsp3) is 0.104. The molecule has 0 atom stereocenters. The van der Waals surface area contributed by atoms with Crippen LogP contribution in [0.4, 0.5) is 17.5 Å². The van der Waals surface area contributed by atoms with E-state index in [0.717, 1.165) is 44.9 Å². The molecule has 0 saturated heterocycles. The summed E-state index contributed by atoms with van der Waals surface area (Å²) in [5.41, 5.74) is 20.2. The largest absolute Gasteiger partial charge is 0.508 e. The van der Waals surface area contributed by atoms with Gasteiger partial charge in [0.25, 0.3) is 17.1 Å². The van der Waals surface area contributed by atoms with Crippen LogP contribution in [0.1, 0.15) is 76.0 Å². The second kappa shape index (κ2) is 40.9. The molecule has 3 heterocycles. The second-order valence-electron chi connectivity index (χ2n) is 21.5. The Bertz CT molecular complexity index is 4560. The van der Waals surface area contributed by atoms with Gasteiger partial charge in [0.2, 0.25) is 0 Å². The maximum atomic E-state index is 12.8. The number of hydrogen-bond acceptors (Lipinski definition) is 14. The van der Waals surface area contributed by atoms with Gasteiger partial charge < -0.3 is 36.1 Å². The number of amides is 2. The molecule has 0 aliphatic carbocycles. The second-order valence-corrected chi connectivity index (χ2v) is 29.1. The molecule has 6 N–H and O–H groups in total. The number of benzene rings is 9.